The van der Waals surface area contributed by atoms with Crippen LogP contribution in [0.2, 0.25) is 0 Å². The van der Waals surface area contributed by atoms with Gasteiger partial charge in [0, 0.05) is 0 Å². The standard InChI is InChI=1S/C3H5F2S/c1-2(6)3(4)5/h2-3H,1H3/t2-/m1/s1. The Bertz CT molecular complexity index is 29.8. The van der Waals surface area contributed by atoms with Crippen molar-refractivity contribution < 1.29 is 8.78 Å². The SMILES string of the molecule is C[C@@H]([S])C(F)F. The summed E-state index contributed by atoms with van der Waals surface area (Å²) in [7, 11) is 0. The first-order valence-electron chi connectivity index (χ1n) is 1.58. The molecule has 0 aromatic rings. The molecule has 0 heterocycles. The van der Waals surface area contributed by atoms with E-state index >= 15 is 0 Å². The zero-order valence-electron chi connectivity index (χ0n) is 3.32. The van der Waals surface area contributed by atoms with Gasteiger partial charge in [0.05, 0.1) is 5.25 Å². The first-order valence-corrected chi connectivity index (χ1v) is 2.05. The average Bonchev–Trinajstić information content (AvgIpc) is 1.36. The van der Waals surface area contributed by atoms with Gasteiger partial charge in [-0.05, 0) is 6.92 Å². The summed E-state index contributed by atoms with van der Waals surface area (Å²) in [5.74, 6) is 0. The quantitative estimate of drug-likeness (QED) is 0.484. The first-order chi connectivity index (χ1) is 2.64. The van der Waals surface area contributed by atoms with Gasteiger partial charge in [0.2, 0.25) is 0 Å². The second-order valence-electron chi connectivity index (χ2n) is 1.04. The number of hydrogen-bond acceptors (Lipinski definition) is 0. The highest BCUT2D eigenvalue weighted by molar-refractivity contribution is 7.81. The van der Waals surface area contributed by atoms with Crippen molar-refractivity contribution in [3.05, 3.63) is 0 Å². The largest absolute Gasteiger partial charge is 0.250 e. The van der Waals surface area contributed by atoms with E-state index in [2.05, 4.69) is 12.6 Å². The Kier molecular flexibility index (Phi) is 2.48. The highest BCUT2D eigenvalue weighted by atomic mass is 32.1. The fourth-order valence-electron chi connectivity index (χ4n) is 0. The van der Waals surface area contributed by atoms with Crippen molar-refractivity contribution in [3.8, 4) is 0 Å². The van der Waals surface area contributed by atoms with Crippen LogP contribution in [-0.2, 0) is 0 Å². The summed E-state index contributed by atoms with van der Waals surface area (Å²) in [6, 6.07) is 0. The van der Waals surface area contributed by atoms with E-state index in [1.54, 1.807) is 0 Å². The van der Waals surface area contributed by atoms with E-state index in [4.69, 9.17) is 0 Å². The third-order valence-corrected chi connectivity index (χ3v) is 0.561. The van der Waals surface area contributed by atoms with Gasteiger partial charge in [-0.15, -0.1) is 0 Å². The molecule has 0 amide bonds. The summed E-state index contributed by atoms with van der Waals surface area (Å²) >= 11 is 4.15. The maximum absolute atomic E-state index is 11.1. The molecule has 6 heavy (non-hydrogen) atoms. The van der Waals surface area contributed by atoms with Crippen LogP contribution in [0.1, 0.15) is 6.92 Å². The highest BCUT2D eigenvalue weighted by Gasteiger charge is 2.07. The average molecular weight is 111 g/mol. The second kappa shape index (κ2) is 2.39. The summed E-state index contributed by atoms with van der Waals surface area (Å²) in [6.07, 6.45) is -2.33. The van der Waals surface area contributed by atoms with Crippen LogP contribution in [0, 0.1) is 0 Å². The van der Waals surface area contributed by atoms with Crippen molar-refractivity contribution in [2.24, 2.45) is 0 Å². The maximum Gasteiger partial charge on any atom is 0.250 e. The number of halogens is 2. The third kappa shape index (κ3) is 2.45. The normalized spacial score (nSPS) is 15.5. The molecule has 0 saturated heterocycles. The molecule has 0 bridgehead atoms. The summed E-state index contributed by atoms with van der Waals surface area (Å²) in [5.41, 5.74) is 0. The van der Waals surface area contributed by atoms with Crippen molar-refractivity contribution in [1.29, 1.82) is 0 Å². The fourth-order valence-corrected chi connectivity index (χ4v) is 0. The summed E-state index contributed by atoms with van der Waals surface area (Å²) in [6.45, 7) is 1.31. The minimum atomic E-state index is -2.33. The Morgan fingerprint density at radius 2 is 1.67 bits per heavy atom. The molecule has 0 spiro atoms. The summed E-state index contributed by atoms with van der Waals surface area (Å²) in [4.78, 5) is 0. The van der Waals surface area contributed by atoms with E-state index in [-0.39, 0.29) is 0 Å². The van der Waals surface area contributed by atoms with Gasteiger partial charge < -0.3 is 0 Å². The van der Waals surface area contributed by atoms with Crippen LogP contribution >= 0.6 is 12.6 Å². The molecule has 0 rings (SSSR count). The first kappa shape index (κ1) is 6.21. The minimum absolute atomic E-state index is 0.898. The maximum atomic E-state index is 11.1. The molecule has 1 radical (unpaired) electrons. The smallest absolute Gasteiger partial charge is 0.209 e. The van der Waals surface area contributed by atoms with Crippen LogP contribution in [0.25, 0.3) is 0 Å². The number of hydrogen-bond donors (Lipinski definition) is 0. The van der Waals surface area contributed by atoms with E-state index in [9.17, 15) is 8.78 Å². The minimum Gasteiger partial charge on any atom is -0.209 e. The lowest BCUT2D eigenvalue weighted by Gasteiger charge is -1.95. The molecule has 0 aliphatic rings. The lowest BCUT2D eigenvalue weighted by Crippen LogP contribution is -2.03. The van der Waals surface area contributed by atoms with Gasteiger partial charge in [-0.25, -0.2) is 8.78 Å². The van der Waals surface area contributed by atoms with Crippen LogP contribution < -0.4 is 0 Å². The summed E-state index contributed by atoms with van der Waals surface area (Å²) in [5, 5.41) is -0.898. The van der Waals surface area contributed by atoms with E-state index < -0.39 is 11.7 Å². The van der Waals surface area contributed by atoms with Gasteiger partial charge in [-0.2, -0.15) is 0 Å². The Morgan fingerprint density at radius 3 is 1.67 bits per heavy atom. The van der Waals surface area contributed by atoms with Crippen LogP contribution in [0.4, 0.5) is 8.78 Å². The molecule has 3 heteroatoms. The highest BCUT2D eigenvalue weighted by Crippen LogP contribution is 2.04. The zero-order chi connectivity index (χ0) is 5.15. The van der Waals surface area contributed by atoms with Gasteiger partial charge in [0.25, 0.3) is 6.43 Å². The number of alkyl halides is 2. The second-order valence-corrected chi connectivity index (χ2v) is 1.78. The number of rotatable bonds is 1. The Balaban J connectivity index is 2.99. The van der Waals surface area contributed by atoms with Crippen molar-refractivity contribution in [2.75, 3.05) is 0 Å². The van der Waals surface area contributed by atoms with Crippen molar-refractivity contribution in [1.82, 2.24) is 0 Å². The monoisotopic (exact) mass is 111 g/mol. The molecular formula is C3H5F2S. The molecule has 0 aliphatic heterocycles. The van der Waals surface area contributed by atoms with Crippen molar-refractivity contribution >= 4 is 12.6 Å². The van der Waals surface area contributed by atoms with Crippen LogP contribution in [0.3, 0.4) is 0 Å². The summed E-state index contributed by atoms with van der Waals surface area (Å²) < 4.78 is 22.1. The van der Waals surface area contributed by atoms with Gasteiger partial charge in [-0.1, -0.05) is 12.6 Å². The molecule has 0 N–H and O–H groups in total. The van der Waals surface area contributed by atoms with Crippen LogP contribution in [0.5, 0.6) is 0 Å². The molecular weight excluding hydrogens is 106 g/mol. The van der Waals surface area contributed by atoms with E-state index in [0.29, 0.717) is 0 Å². The van der Waals surface area contributed by atoms with Gasteiger partial charge in [-0.3, -0.25) is 0 Å². The predicted molar refractivity (Wildman–Crippen MR) is 23.1 cm³/mol. The van der Waals surface area contributed by atoms with Crippen LogP contribution in [-0.4, -0.2) is 11.7 Å². The third-order valence-electron chi connectivity index (χ3n) is 0.355. The van der Waals surface area contributed by atoms with E-state index in [1.165, 1.54) is 6.92 Å². The molecule has 1 atom stereocenters. The topological polar surface area (TPSA) is 0 Å². The molecule has 0 saturated carbocycles. The van der Waals surface area contributed by atoms with Gasteiger partial charge in [0.1, 0.15) is 0 Å². The van der Waals surface area contributed by atoms with Crippen molar-refractivity contribution in [3.63, 3.8) is 0 Å². The van der Waals surface area contributed by atoms with E-state index in [0.717, 1.165) is 0 Å². The Hall–Kier alpha value is 0.210. The van der Waals surface area contributed by atoms with Gasteiger partial charge >= 0.3 is 0 Å². The lowest BCUT2D eigenvalue weighted by atomic mass is 10.5. The Morgan fingerprint density at radius 1 is 1.50 bits per heavy atom. The molecule has 0 unspecified atom stereocenters. The molecule has 0 aromatic carbocycles. The molecule has 37 valence electrons. The zero-order valence-corrected chi connectivity index (χ0v) is 4.14. The lowest BCUT2D eigenvalue weighted by molar-refractivity contribution is 0.151. The van der Waals surface area contributed by atoms with E-state index in [1.807, 2.05) is 0 Å². The molecule has 0 aromatic heterocycles. The molecule has 0 fully saturated rings. The molecule has 0 aliphatic carbocycles. The van der Waals surface area contributed by atoms with Crippen molar-refractivity contribution in [2.45, 2.75) is 18.6 Å². The fraction of sp³-hybridized carbons (Fsp3) is 1.00. The van der Waals surface area contributed by atoms with Gasteiger partial charge in [0.15, 0.2) is 0 Å². The Labute approximate surface area is 41.0 Å². The van der Waals surface area contributed by atoms with Crippen LogP contribution in [0.15, 0.2) is 0 Å². The predicted octanol–water partition coefficient (Wildman–Crippen LogP) is 1.84. The molecule has 0 nitrogen and oxygen atoms in total.